The number of nitrogens with zero attached hydrogens (tertiary/aromatic N) is 1. The SMILES string of the molecule is CC(CN(Cc1ccc(F)cc1)C1CCCCC1)C(=O)O. The van der Waals surface area contributed by atoms with E-state index in [1.54, 1.807) is 19.1 Å². The summed E-state index contributed by atoms with van der Waals surface area (Å²) >= 11 is 0. The van der Waals surface area contributed by atoms with Crippen molar-refractivity contribution in [1.82, 2.24) is 4.90 Å². The average Bonchev–Trinajstić information content (AvgIpc) is 2.49. The zero-order valence-electron chi connectivity index (χ0n) is 12.6. The van der Waals surface area contributed by atoms with Gasteiger partial charge in [-0.2, -0.15) is 0 Å². The molecule has 0 amide bonds. The van der Waals surface area contributed by atoms with Gasteiger partial charge in [-0.05, 0) is 30.5 Å². The van der Waals surface area contributed by atoms with Crippen LogP contribution in [-0.2, 0) is 11.3 Å². The quantitative estimate of drug-likeness (QED) is 0.869. The van der Waals surface area contributed by atoms with Gasteiger partial charge in [-0.15, -0.1) is 0 Å². The minimum Gasteiger partial charge on any atom is -0.481 e. The Balaban J connectivity index is 2.06. The monoisotopic (exact) mass is 293 g/mol. The van der Waals surface area contributed by atoms with Crippen LogP contribution in [-0.4, -0.2) is 28.6 Å². The second-order valence-electron chi connectivity index (χ2n) is 6.09. The molecule has 1 aromatic carbocycles. The lowest BCUT2D eigenvalue weighted by Crippen LogP contribution is -2.40. The zero-order valence-corrected chi connectivity index (χ0v) is 12.6. The maximum Gasteiger partial charge on any atom is 0.307 e. The summed E-state index contributed by atoms with van der Waals surface area (Å²) in [5, 5.41) is 9.16. The van der Waals surface area contributed by atoms with E-state index < -0.39 is 5.97 Å². The molecule has 0 saturated heterocycles. The van der Waals surface area contributed by atoms with Crippen molar-refractivity contribution in [2.24, 2.45) is 5.92 Å². The van der Waals surface area contributed by atoms with Crippen molar-refractivity contribution in [3.63, 3.8) is 0 Å². The molecule has 0 spiro atoms. The number of aliphatic carboxylic acids is 1. The van der Waals surface area contributed by atoms with E-state index in [1.165, 1.54) is 31.4 Å². The number of carboxylic acids is 1. The number of hydrogen-bond acceptors (Lipinski definition) is 2. The van der Waals surface area contributed by atoms with Crippen molar-refractivity contribution in [3.8, 4) is 0 Å². The molecular formula is C17H24FNO2. The summed E-state index contributed by atoms with van der Waals surface area (Å²) in [7, 11) is 0. The fourth-order valence-corrected chi connectivity index (χ4v) is 3.04. The predicted molar refractivity (Wildman–Crippen MR) is 80.5 cm³/mol. The lowest BCUT2D eigenvalue weighted by atomic mass is 9.93. The van der Waals surface area contributed by atoms with Gasteiger partial charge in [-0.1, -0.05) is 38.3 Å². The van der Waals surface area contributed by atoms with Crippen LogP contribution in [0.25, 0.3) is 0 Å². The van der Waals surface area contributed by atoms with Gasteiger partial charge in [0.05, 0.1) is 5.92 Å². The number of rotatable bonds is 6. The second-order valence-corrected chi connectivity index (χ2v) is 6.09. The van der Waals surface area contributed by atoms with Crippen LogP contribution in [0.15, 0.2) is 24.3 Å². The zero-order chi connectivity index (χ0) is 15.2. The van der Waals surface area contributed by atoms with Gasteiger partial charge >= 0.3 is 5.97 Å². The van der Waals surface area contributed by atoms with E-state index in [4.69, 9.17) is 5.11 Å². The van der Waals surface area contributed by atoms with Gasteiger partial charge in [-0.3, -0.25) is 9.69 Å². The maximum absolute atomic E-state index is 13.0. The molecule has 1 atom stereocenters. The van der Waals surface area contributed by atoms with Gasteiger partial charge in [0.25, 0.3) is 0 Å². The molecule has 0 bridgehead atoms. The molecule has 0 heterocycles. The number of hydrogen-bond donors (Lipinski definition) is 1. The lowest BCUT2D eigenvalue weighted by Gasteiger charge is -2.35. The molecule has 1 fully saturated rings. The first kappa shape index (κ1) is 16.0. The van der Waals surface area contributed by atoms with Crippen LogP contribution < -0.4 is 0 Å². The average molecular weight is 293 g/mol. The van der Waals surface area contributed by atoms with E-state index >= 15 is 0 Å². The molecule has 0 aliphatic heterocycles. The minimum absolute atomic E-state index is 0.234. The number of carbonyl (C=O) groups is 1. The Bertz CT molecular complexity index is 454. The Kier molecular flexibility index (Phi) is 5.74. The van der Waals surface area contributed by atoms with Crippen molar-refractivity contribution in [3.05, 3.63) is 35.6 Å². The molecule has 0 aromatic heterocycles. The Morgan fingerprint density at radius 2 is 1.90 bits per heavy atom. The summed E-state index contributed by atoms with van der Waals surface area (Å²) < 4.78 is 13.0. The van der Waals surface area contributed by atoms with Gasteiger partial charge < -0.3 is 5.11 Å². The van der Waals surface area contributed by atoms with E-state index in [0.29, 0.717) is 19.1 Å². The second kappa shape index (κ2) is 7.55. The van der Waals surface area contributed by atoms with Crippen LogP contribution in [0.2, 0.25) is 0 Å². The molecule has 21 heavy (non-hydrogen) atoms. The van der Waals surface area contributed by atoms with E-state index in [1.807, 2.05) is 0 Å². The smallest absolute Gasteiger partial charge is 0.307 e. The molecule has 1 aliphatic carbocycles. The lowest BCUT2D eigenvalue weighted by molar-refractivity contribution is -0.142. The maximum atomic E-state index is 13.0. The van der Waals surface area contributed by atoms with Crippen LogP contribution in [0.3, 0.4) is 0 Å². The fourth-order valence-electron chi connectivity index (χ4n) is 3.04. The van der Waals surface area contributed by atoms with Crippen LogP contribution in [0.4, 0.5) is 4.39 Å². The van der Waals surface area contributed by atoms with Gasteiger partial charge in [0.1, 0.15) is 5.82 Å². The third kappa shape index (κ3) is 4.81. The summed E-state index contributed by atoms with van der Waals surface area (Å²) in [4.78, 5) is 13.4. The number of benzene rings is 1. The standard InChI is InChI=1S/C17H24FNO2/c1-13(17(20)21)11-19(16-5-3-2-4-6-16)12-14-7-9-15(18)10-8-14/h7-10,13,16H,2-6,11-12H2,1H3,(H,20,21). The molecule has 1 unspecified atom stereocenters. The first-order valence-corrected chi connectivity index (χ1v) is 7.77. The molecule has 1 N–H and O–H groups in total. The molecule has 1 saturated carbocycles. The van der Waals surface area contributed by atoms with Crippen molar-refractivity contribution >= 4 is 5.97 Å². The third-order valence-electron chi connectivity index (χ3n) is 4.32. The topological polar surface area (TPSA) is 40.5 Å². The first-order valence-electron chi connectivity index (χ1n) is 7.77. The normalized spacial score (nSPS) is 17.9. The van der Waals surface area contributed by atoms with E-state index in [0.717, 1.165) is 18.4 Å². The Morgan fingerprint density at radius 1 is 1.29 bits per heavy atom. The highest BCUT2D eigenvalue weighted by atomic mass is 19.1. The van der Waals surface area contributed by atoms with Gasteiger partial charge in [-0.25, -0.2) is 4.39 Å². The van der Waals surface area contributed by atoms with Gasteiger partial charge in [0.15, 0.2) is 0 Å². The highest BCUT2D eigenvalue weighted by Crippen LogP contribution is 2.25. The highest BCUT2D eigenvalue weighted by Gasteiger charge is 2.24. The number of halogens is 1. The fraction of sp³-hybridized carbons (Fsp3) is 0.588. The molecule has 1 aromatic rings. The molecule has 2 rings (SSSR count). The summed E-state index contributed by atoms with van der Waals surface area (Å²) in [5.41, 5.74) is 1.04. The number of carboxylic acid groups (broad SMARTS) is 1. The van der Waals surface area contributed by atoms with Crippen LogP contribution in [0.5, 0.6) is 0 Å². The summed E-state index contributed by atoms with van der Waals surface area (Å²) in [5.74, 6) is -1.37. The molecular weight excluding hydrogens is 269 g/mol. The summed E-state index contributed by atoms with van der Waals surface area (Å²) in [6.45, 7) is 3.00. The summed E-state index contributed by atoms with van der Waals surface area (Å²) in [6, 6.07) is 6.96. The molecule has 3 nitrogen and oxygen atoms in total. The van der Waals surface area contributed by atoms with E-state index in [9.17, 15) is 9.18 Å². The van der Waals surface area contributed by atoms with Crippen LogP contribution in [0, 0.1) is 11.7 Å². The summed E-state index contributed by atoms with van der Waals surface area (Å²) in [6.07, 6.45) is 5.97. The van der Waals surface area contributed by atoms with Crippen molar-refractivity contribution in [2.45, 2.75) is 51.6 Å². The van der Waals surface area contributed by atoms with Gasteiger partial charge in [0.2, 0.25) is 0 Å². The van der Waals surface area contributed by atoms with Crippen LogP contribution >= 0.6 is 0 Å². The molecule has 0 radical (unpaired) electrons. The van der Waals surface area contributed by atoms with Crippen LogP contribution in [0.1, 0.15) is 44.6 Å². The molecule has 116 valence electrons. The van der Waals surface area contributed by atoms with Crippen molar-refractivity contribution < 1.29 is 14.3 Å². The Hall–Kier alpha value is -1.42. The Labute approximate surface area is 125 Å². The largest absolute Gasteiger partial charge is 0.481 e. The Morgan fingerprint density at radius 3 is 2.48 bits per heavy atom. The molecule has 4 heteroatoms. The van der Waals surface area contributed by atoms with Crippen molar-refractivity contribution in [2.75, 3.05) is 6.54 Å². The first-order chi connectivity index (χ1) is 10.1. The van der Waals surface area contributed by atoms with Gasteiger partial charge in [0, 0.05) is 19.1 Å². The highest BCUT2D eigenvalue weighted by molar-refractivity contribution is 5.69. The minimum atomic E-state index is -0.755. The predicted octanol–water partition coefficient (Wildman–Crippen LogP) is 3.68. The molecule has 1 aliphatic rings. The van der Waals surface area contributed by atoms with E-state index in [-0.39, 0.29) is 11.7 Å². The third-order valence-corrected chi connectivity index (χ3v) is 4.32. The van der Waals surface area contributed by atoms with E-state index in [2.05, 4.69) is 4.90 Å². The van der Waals surface area contributed by atoms with Crippen molar-refractivity contribution in [1.29, 1.82) is 0 Å².